The first-order valence-corrected chi connectivity index (χ1v) is 11.8. The number of hydrogen-bond donors (Lipinski definition) is 2. The van der Waals surface area contributed by atoms with Crippen LogP contribution in [0.5, 0.6) is 0 Å². The highest BCUT2D eigenvalue weighted by Crippen LogP contribution is 2.36. The number of aliphatic hydroxyl groups excluding tert-OH is 1. The summed E-state index contributed by atoms with van der Waals surface area (Å²) in [4.78, 5) is 26.6. The van der Waals surface area contributed by atoms with Gasteiger partial charge >= 0.3 is 6.18 Å². The molecule has 182 valence electrons. The summed E-state index contributed by atoms with van der Waals surface area (Å²) >= 11 is 6.57. The van der Waals surface area contributed by atoms with E-state index in [4.69, 9.17) is 11.6 Å². The maximum Gasteiger partial charge on any atom is 0.416 e. The van der Waals surface area contributed by atoms with Crippen LogP contribution in [0.4, 0.5) is 18.0 Å². The van der Waals surface area contributed by atoms with Crippen molar-refractivity contribution in [3.8, 4) is 0 Å². The van der Waals surface area contributed by atoms with Crippen LogP contribution in [0, 0.1) is 0 Å². The molecule has 2 aliphatic rings. The Morgan fingerprint density at radius 3 is 2.71 bits per heavy atom. The van der Waals surface area contributed by atoms with E-state index in [0.717, 1.165) is 22.7 Å². The van der Waals surface area contributed by atoms with Crippen LogP contribution in [0.15, 0.2) is 47.5 Å². The number of aromatic nitrogens is 2. The van der Waals surface area contributed by atoms with Gasteiger partial charge in [-0.3, -0.25) is 19.2 Å². The van der Waals surface area contributed by atoms with Gasteiger partial charge in [-0.25, -0.2) is 0 Å². The van der Waals surface area contributed by atoms with E-state index in [1.54, 1.807) is 24.3 Å². The van der Waals surface area contributed by atoms with Gasteiger partial charge in [0.15, 0.2) is 0 Å². The summed E-state index contributed by atoms with van der Waals surface area (Å²) in [6, 6.07) is 8.17. The smallest absolute Gasteiger partial charge is 0.390 e. The van der Waals surface area contributed by atoms with Crippen LogP contribution in [0.1, 0.15) is 16.7 Å². The van der Waals surface area contributed by atoms with Gasteiger partial charge in [0, 0.05) is 23.5 Å². The molecule has 2 fully saturated rings. The highest BCUT2D eigenvalue weighted by Gasteiger charge is 2.44. The van der Waals surface area contributed by atoms with Crippen molar-refractivity contribution in [3.63, 3.8) is 0 Å². The van der Waals surface area contributed by atoms with Crippen molar-refractivity contribution in [1.29, 1.82) is 0 Å². The fraction of sp³-hybridized carbons (Fsp3) is 0.261. The van der Waals surface area contributed by atoms with Gasteiger partial charge < -0.3 is 10.4 Å². The average Bonchev–Trinajstić information content (AvgIpc) is 3.46. The standard InChI is InChI=1S/C23H18ClF3N4O3S/c24-15-3-2-13(16(7-15)23(25,26)27)11-30-17-4-1-12(5-14(17)8-29-30)6-20-21(33)31(22(34)35-20)18-9-28-10-19(18)32/h1-8,18-19,28,32H,9-11H2. The summed E-state index contributed by atoms with van der Waals surface area (Å²) in [7, 11) is 0. The molecule has 7 nitrogen and oxygen atoms in total. The van der Waals surface area contributed by atoms with E-state index in [9.17, 15) is 27.9 Å². The second-order valence-corrected chi connectivity index (χ2v) is 9.69. The number of aliphatic hydroxyl groups is 1. The second kappa shape index (κ2) is 8.98. The number of hydrogen-bond acceptors (Lipinski definition) is 6. The zero-order valence-corrected chi connectivity index (χ0v) is 19.5. The van der Waals surface area contributed by atoms with Gasteiger partial charge in [-0.15, -0.1) is 0 Å². The molecule has 12 heteroatoms. The summed E-state index contributed by atoms with van der Waals surface area (Å²) in [5, 5.41) is 17.5. The lowest BCUT2D eigenvalue weighted by atomic mass is 10.1. The lowest BCUT2D eigenvalue weighted by Crippen LogP contribution is -2.45. The normalized spacial score (nSPS) is 22.2. The molecule has 2 amide bonds. The molecule has 2 N–H and O–H groups in total. The molecule has 0 saturated carbocycles. The lowest BCUT2D eigenvalue weighted by molar-refractivity contribution is -0.138. The highest BCUT2D eigenvalue weighted by atomic mass is 35.5. The van der Waals surface area contributed by atoms with Gasteiger partial charge in [0.1, 0.15) is 0 Å². The fourth-order valence-corrected chi connectivity index (χ4v) is 5.32. The number of alkyl halides is 3. The van der Waals surface area contributed by atoms with Gasteiger partial charge in [-0.05, 0) is 53.2 Å². The molecule has 1 aromatic heterocycles. The number of rotatable bonds is 4. The molecule has 0 spiro atoms. The molecule has 3 aromatic rings. The first-order chi connectivity index (χ1) is 16.6. The largest absolute Gasteiger partial charge is 0.416 e. The summed E-state index contributed by atoms with van der Waals surface area (Å²) in [6.07, 6.45) is -2.26. The second-order valence-electron chi connectivity index (χ2n) is 8.26. The van der Waals surface area contributed by atoms with E-state index in [2.05, 4.69) is 10.4 Å². The van der Waals surface area contributed by atoms with E-state index in [1.165, 1.54) is 23.0 Å². The number of β-amino-alcohol motifs (C(OH)–C–C–N with tert-alkyl or cyclic N) is 1. The van der Waals surface area contributed by atoms with Crippen LogP contribution >= 0.6 is 23.4 Å². The van der Waals surface area contributed by atoms with Crippen LogP contribution in [0.3, 0.4) is 0 Å². The number of benzene rings is 2. The number of halogens is 4. The van der Waals surface area contributed by atoms with Crippen molar-refractivity contribution in [2.45, 2.75) is 24.9 Å². The van der Waals surface area contributed by atoms with Crippen molar-refractivity contribution in [2.75, 3.05) is 13.1 Å². The monoisotopic (exact) mass is 522 g/mol. The van der Waals surface area contributed by atoms with Crippen molar-refractivity contribution >= 4 is 51.5 Å². The topological polar surface area (TPSA) is 87.5 Å². The van der Waals surface area contributed by atoms with Gasteiger partial charge in [-0.1, -0.05) is 23.7 Å². The number of amides is 2. The Balaban J connectivity index is 1.41. The van der Waals surface area contributed by atoms with Gasteiger partial charge in [-0.2, -0.15) is 18.3 Å². The third kappa shape index (κ3) is 4.56. The van der Waals surface area contributed by atoms with E-state index in [-0.39, 0.29) is 22.0 Å². The van der Waals surface area contributed by atoms with Crippen molar-refractivity contribution in [3.05, 3.63) is 69.2 Å². The number of fused-ring (bicyclic) bond motifs is 1. The zero-order chi connectivity index (χ0) is 24.9. The number of carbonyl (C=O) groups excluding carboxylic acids is 2. The first-order valence-electron chi connectivity index (χ1n) is 10.6. The molecule has 0 aliphatic carbocycles. The summed E-state index contributed by atoms with van der Waals surface area (Å²) in [6.45, 7) is 0.541. The van der Waals surface area contributed by atoms with E-state index >= 15 is 0 Å². The minimum Gasteiger partial charge on any atom is -0.390 e. The van der Waals surface area contributed by atoms with Crippen LogP contribution in [0.25, 0.3) is 17.0 Å². The average molecular weight is 523 g/mol. The molecule has 2 aliphatic heterocycles. The van der Waals surface area contributed by atoms with Gasteiger partial charge in [0.05, 0.1) is 40.9 Å². The van der Waals surface area contributed by atoms with Crippen LogP contribution in [-0.4, -0.2) is 56.2 Å². The van der Waals surface area contributed by atoms with E-state index in [0.29, 0.717) is 29.6 Å². The number of carbonyl (C=O) groups is 2. The molecule has 5 rings (SSSR count). The number of thioether (sulfide) groups is 1. The van der Waals surface area contributed by atoms with E-state index < -0.39 is 35.0 Å². The maximum atomic E-state index is 13.5. The van der Waals surface area contributed by atoms with E-state index in [1.807, 2.05) is 0 Å². The Kier molecular flexibility index (Phi) is 6.12. The summed E-state index contributed by atoms with van der Waals surface area (Å²) in [5.74, 6) is -0.467. The number of nitrogens with one attached hydrogen (secondary N) is 1. The SMILES string of the molecule is O=C1SC(=Cc2ccc3c(cnn3Cc3ccc(Cl)cc3C(F)(F)F)c2)C(=O)N1C1CNCC1O. The molecule has 2 atom stereocenters. The van der Waals surface area contributed by atoms with Gasteiger partial charge in [0.25, 0.3) is 11.1 Å². The predicted octanol–water partition coefficient (Wildman–Crippen LogP) is 4.13. The summed E-state index contributed by atoms with van der Waals surface area (Å²) in [5.41, 5.74) is 0.463. The molecule has 2 unspecified atom stereocenters. The summed E-state index contributed by atoms with van der Waals surface area (Å²) < 4.78 is 41.8. The predicted molar refractivity (Wildman–Crippen MR) is 126 cm³/mol. The molecule has 3 heterocycles. The Labute approximate surface area is 206 Å². The minimum absolute atomic E-state index is 0.000780. The molecule has 0 radical (unpaired) electrons. The Bertz CT molecular complexity index is 1370. The molecule has 0 bridgehead atoms. The molecular formula is C23H18ClF3N4O3S. The Hall–Kier alpha value is -2.86. The Morgan fingerprint density at radius 1 is 1.20 bits per heavy atom. The Morgan fingerprint density at radius 2 is 2.00 bits per heavy atom. The third-order valence-corrected chi connectivity index (χ3v) is 7.09. The van der Waals surface area contributed by atoms with Crippen molar-refractivity contribution in [1.82, 2.24) is 20.0 Å². The molecule has 2 saturated heterocycles. The van der Waals surface area contributed by atoms with Crippen LogP contribution < -0.4 is 5.32 Å². The zero-order valence-electron chi connectivity index (χ0n) is 17.9. The van der Waals surface area contributed by atoms with Crippen molar-refractivity contribution < 1.29 is 27.9 Å². The highest BCUT2D eigenvalue weighted by molar-refractivity contribution is 8.18. The fourth-order valence-electron chi connectivity index (χ4n) is 4.26. The molecule has 35 heavy (non-hydrogen) atoms. The first kappa shape index (κ1) is 23.9. The minimum atomic E-state index is -4.55. The van der Waals surface area contributed by atoms with Crippen LogP contribution in [0.2, 0.25) is 5.02 Å². The quantitative estimate of drug-likeness (QED) is 0.501. The van der Waals surface area contributed by atoms with Gasteiger partial charge in [0.2, 0.25) is 0 Å². The molecule has 2 aromatic carbocycles. The number of imide groups is 1. The lowest BCUT2D eigenvalue weighted by Gasteiger charge is -2.22. The molecular weight excluding hydrogens is 505 g/mol. The third-order valence-electron chi connectivity index (χ3n) is 5.97. The van der Waals surface area contributed by atoms with Crippen LogP contribution in [-0.2, 0) is 17.5 Å². The number of nitrogens with zero attached hydrogens (tertiary/aromatic N) is 3. The maximum absolute atomic E-state index is 13.5. The van der Waals surface area contributed by atoms with Crippen molar-refractivity contribution in [2.24, 2.45) is 0 Å².